The Hall–Kier alpha value is -2.89. The number of aromatic nitrogens is 1. The maximum Gasteiger partial charge on any atom is 0.230 e. The smallest absolute Gasteiger partial charge is 0.230 e. The van der Waals surface area contributed by atoms with E-state index >= 15 is 0 Å². The van der Waals surface area contributed by atoms with Gasteiger partial charge in [-0.15, -0.1) is 0 Å². The van der Waals surface area contributed by atoms with Gasteiger partial charge >= 0.3 is 0 Å². The van der Waals surface area contributed by atoms with Crippen LogP contribution in [0.25, 0.3) is 0 Å². The average molecular weight is 350 g/mol. The molecule has 26 heavy (non-hydrogen) atoms. The Morgan fingerprint density at radius 3 is 2.46 bits per heavy atom. The molecule has 3 heterocycles. The molecular weight excluding hydrogens is 328 g/mol. The van der Waals surface area contributed by atoms with E-state index in [9.17, 15) is 9.59 Å². The van der Waals surface area contributed by atoms with Crippen molar-refractivity contribution >= 4 is 29.0 Å². The zero-order chi connectivity index (χ0) is 17.9. The topological polar surface area (TPSA) is 65.5 Å². The maximum absolute atomic E-state index is 12.4. The SMILES string of the molecule is O=C(Nc1ccccn1)C1CC(=O)N(c2ccc(N3CCCC3)cc2)C1. The van der Waals surface area contributed by atoms with Gasteiger partial charge in [-0.1, -0.05) is 6.07 Å². The molecule has 6 nitrogen and oxygen atoms in total. The number of benzene rings is 1. The van der Waals surface area contributed by atoms with Crippen molar-refractivity contribution in [1.82, 2.24) is 4.98 Å². The molecule has 1 unspecified atom stereocenters. The summed E-state index contributed by atoms with van der Waals surface area (Å²) in [7, 11) is 0. The Morgan fingerprint density at radius 1 is 1.04 bits per heavy atom. The van der Waals surface area contributed by atoms with Crippen LogP contribution in [0.2, 0.25) is 0 Å². The molecule has 0 saturated carbocycles. The molecule has 1 aromatic heterocycles. The summed E-state index contributed by atoms with van der Waals surface area (Å²) in [5.41, 5.74) is 2.05. The fourth-order valence-electron chi connectivity index (χ4n) is 3.62. The van der Waals surface area contributed by atoms with E-state index in [0.29, 0.717) is 12.4 Å². The molecule has 1 atom stereocenters. The lowest BCUT2D eigenvalue weighted by Gasteiger charge is -2.20. The summed E-state index contributed by atoms with van der Waals surface area (Å²) >= 11 is 0. The third kappa shape index (κ3) is 3.40. The second-order valence-corrected chi connectivity index (χ2v) is 6.82. The van der Waals surface area contributed by atoms with Gasteiger partial charge in [0, 0.05) is 43.6 Å². The Kier molecular flexibility index (Phi) is 4.56. The first-order valence-electron chi connectivity index (χ1n) is 9.08. The predicted molar refractivity (Wildman–Crippen MR) is 101 cm³/mol. The van der Waals surface area contributed by atoms with Crippen LogP contribution in [0.1, 0.15) is 19.3 Å². The molecule has 0 spiro atoms. The van der Waals surface area contributed by atoms with Crippen molar-refractivity contribution in [1.29, 1.82) is 0 Å². The minimum Gasteiger partial charge on any atom is -0.372 e. The zero-order valence-corrected chi connectivity index (χ0v) is 14.6. The normalized spacial score (nSPS) is 19.8. The third-order valence-electron chi connectivity index (χ3n) is 5.04. The minimum atomic E-state index is -0.359. The summed E-state index contributed by atoms with van der Waals surface area (Å²) < 4.78 is 0. The maximum atomic E-state index is 12.4. The van der Waals surface area contributed by atoms with Crippen molar-refractivity contribution in [2.75, 3.05) is 34.8 Å². The molecule has 2 aliphatic heterocycles. The largest absolute Gasteiger partial charge is 0.372 e. The van der Waals surface area contributed by atoms with Crippen LogP contribution < -0.4 is 15.1 Å². The van der Waals surface area contributed by atoms with Crippen molar-refractivity contribution in [3.05, 3.63) is 48.7 Å². The van der Waals surface area contributed by atoms with Gasteiger partial charge in [0.15, 0.2) is 0 Å². The van der Waals surface area contributed by atoms with E-state index in [2.05, 4.69) is 27.3 Å². The molecule has 2 fully saturated rings. The predicted octanol–water partition coefficient (Wildman–Crippen LogP) is 2.67. The first-order valence-corrected chi connectivity index (χ1v) is 9.08. The molecule has 6 heteroatoms. The number of nitrogens with zero attached hydrogens (tertiary/aromatic N) is 3. The van der Waals surface area contributed by atoms with Gasteiger partial charge in [-0.3, -0.25) is 9.59 Å². The van der Waals surface area contributed by atoms with Crippen LogP contribution in [0.3, 0.4) is 0 Å². The Balaban J connectivity index is 1.41. The second kappa shape index (κ2) is 7.15. The highest BCUT2D eigenvalue weighted by Crippen LogP contribution is 2.28. The van der Waals surface area contributed by atoms with Crippen molar-refractivity contribution in [2.24, 2.45) is 5.92 Å². The van der Waals surface area contributed by atoms with Crippen molar-refractivity contribution < 1.29 is 9.59 Å². The summed E-state index contributed by atoms with van der Waals surface area (Å²) in [5, 5.41) is 2.79. The molecule has 2 saturated heterocycles. The molecule has 2 aliphatic rings. The van der Waals surface area contributed by atoms with Crippen molar-refractivity contribution in [3.63, 3.8) is 0 Å². The number of rotatable bonds is 4. The van der Waals surface area contributed by atoms with Gasteiger partial charge in [0.25, 0.3) is 0 Å². The van der Waals surface area contributed by atoms with Crippen LogP contribution >= 0.6 is 0 Å². The van der Waals surface area contributed by atoms with Gasteiger partial charge in [0.05, 0.1) is 5.92 Å². The van der Waals surface area contributed by atoms with Crippen LogP contribution in [-0.4, -0.2) is 36.4 Å². The van der Waals surface area contributed by atoms with Gasteiger partial charge in [0.2, 0.25) is 11.8 Å². The molecule has 0 aliphatic carbocycles. The number of nitrogens with one attached hydrogen (secondary N) is 1. The number of hydrogen-bond donors (Lipinski definition) is 1. The number of pyridine rings is 1. The van der Waals surface area contributed by atoms with Gasteiger partial charge in [-0.05, 0) is 49.2 Å². The standard InChI is InChI=1S/C20H22N4O2/c25-19-13-15(20(26)22-18-5-1-2-10-21-18)14-24(19)17-8-6-16(7-9-17)23-11-3-4-12-23/h1-2,5-10,15H,3-4,11-14H2,(H,21,22,26). The molecule has 134 valence electrons. The first-order chi connectivity index (χ1) is 12.7. The fraction of sp³-hybridized carbons (Fsp3) is 0.350. The molecule has 2 aromatic rings. The summed E-state index contributed by atoms with van der Waals surface area (Å²) in [6.07, 6.45) is 4.33. The fourth-order valence-corrected chi connectivity index (χ4v) is 3.62. The van der Waals surface area contributed by atoms with Crippen molar-refractivity contribution in [2.45, 2.75) is 19.3 Å². The second-order valence-electron chi connectivity index (χ2n) is 6.82. The molecular formula is C20H22N4O2. The van der Waals surface area contributed by atoms with Crippen LogP contribution in [0.5, 0.6) is 0 Å². The first kappa shape index (κ1) is 16.6. The van der Waals surface area contributed by atoms with Gasteiger partial charge in [-0.2, -0.15) is 0 Å². The lowest BCUT2D eigenvalue weighted by molar-refractivity contribution is -0.122. The molecule has 1 N–H and O–H groups in total. The van der Waals surface area contributed by atoms with E-state index < -0.39 is 0 Å². The summed E-state index contributed by atoms with van der Waals surface area (Å²) in [6.45, 7) is 2.59. The number of carbonyl (C=O) groups excluding carboxylic acids is 2. The monoisotopic (exact) mass is 350 g/mol. The van der Waals surface area contributed by atoms with E-state index in [-0.39, 0.29) is 24.2 Å². The number of anilines is 3. The van der Waals surface area contributed by atoms with E-state index in [1.165, 1.54) is 18.5 Å². The molecule has 1 aromatic carbocycles. The number of carbonyl (C=O) groups is 2. The van der Waals surface area contributed by atoms with E-state index in [1.807, 2.05) is 18.2 Å². The van der Waals surface area contributed by atoms with E-state index in [0.717, 1.165) is 18.8 Å². The molecule has 0 bridgehead atoms. The highest BCUT2D eigenvalue weighted by molar-refractivity contribution is 6.03. The van der Waals surface area contributed by atoms with Crippen LogP contribution in [0.15, 0.2) is 48.7 Å². The summed E-state index contributed by atoms with van der Waals surface area (Å²) in [4.78, 5) is 33.0. The quantitative estimate of drug-likeness (QED) is 0.921. The Bertz CT molecular complexity index is 785. The van der Waals surface area contributed by atoms with Crippen LogP contribution in [0, 0.1) is 5.92 Å². The van der Waals surface area contributed by atoms with Gasteiger partial charge < -0.3 is 15.1 Å². The highest BCUT2D eigenvalue weighted by Gasteiger charge is 2.35. The Labute approximate surface area is 152 Å². The summed E-state index contributed by atoms with van der Waals surface area (Å²) in [6, 6.07) is 13.4. The van der Waals surface area contributed by atoms with Crippen LogP contribution in [-0.2, 0) is 9.59 Å². The molecule has 4 rings (SSSR count). The molecule has 2 amide bonds. The molecule has 0 radical (unpaired) electrons. The Morgan fingerprint density at radius 2 is 1.77 bits per heavy atom. The van der Waals surface area contributed by atoms with Gasteiger partial charge in [0.1, 0.15) is 5.82 Å². The average Bonchev–Trinajstić information content (AvgIpc) is 3.33. The van der Waals surface area contributed by atoms with E-state index in [4.69, 9.17) is 0 Å². The third-order valence-corrected chi connectivity index (χ3v) is 5.04. The van der Waals surface area contributed by atoms with Gasteiger partial charge in [-0.25, -0.2) is 4.98 Å². The number of hydrogen-bond acceptors (Lipinski definition) is 4. The lowest BCUT2D eigenvalue weighted by atomic mass is 10.1. The zero-order valence-electron chi connectivity index (χ0n) is 14.6. The minimum absolute atomic E-state index is 0.0138. The van der Waals surface area contributed by atoms with Crippen LogP contribution in [0.4, 0.5) is 17.2 Å². The highest BCUT2D eigenvalue weighted by atomic mass is 16.2. The lowest BCUT2D eigenvalue weighted by Crippen LogP contribution is -2.28. The summed E-state index contributed by atoms with van der Waals surface area (Å²) in [5.74, 6) is -0.0190. The van der Waals surface area contributed by atoms with E-state index in [1.54, 1.807) is 23.2 Å². The van der Waals surface area contributed by atoms with Crippen molar-refractivity contribution in [3.8, 4) is 0 Å². The number of amides is 2.